The summed E-state index contributed by atoms with van der Waals surface area (Å²) in [6.07, 6.45) is 0. The van der Waals surface area contributed by atoms with E-state index in [1.807, 2.05) is 72.8 Å². The van der Waals surface area contributed by atoms with Crippen LogP contribution in [0.2, 0.25) is 0 Å². The molecular formula is C45H27N3OS. The first-order valence-electron chi connectivity index (χ1n) is 16.6. The molecule has 0 saturated heterocycles. The molecule has 0 N–H and O–H groups in total. The number of rotatable bonds is 5. The predicted octanol–water partition coefficient (Wildman–Crippen LogP) is 12.5. The van der Waals surface area contributed by atoms with Crippen LogP contribution in [-0.4, -0.2) is 15.0 Å². The van der Waals surface area contributed by atoms with Gasteiger partial charge in [0.1, 0.15) is 11.2 Å². The molecule has 234 valence electrons. The average Bonchev–Trinajstić information content (AvgIpc) is 3.76. The largest absolute Gasteiger partial charge is 0.456 e. The minimum atomic E-state index is 0.653. The number of aromatic nitrogens is 3. The van der Waals surface area contributed by atoms with E-state index in [-0.39, 0.29) is 0 Å². The van der Waals surface area contributed by atoms with Gasteiger partial charge >= 0.3 is 0 Å². The van der Waals surface area contributed by atoms with Crippen LogP contribution in [0.25, 0.3) is 98.5 Å². The van der Waals surface area contributed by atoms with Gasteiger partial charge in [-0.25, -0.2) is 15.0 Å². The van der Waals surface area contributed by atoms with E-state index in [0.717, 1.165) is 44.2 Å². The van der Waals surface area contributed by atoms with Gasteiger partial charge in [-0.15, -0.1) is 11.3 Å². The second-order valence-electron chi connectivity index (χ2n) is 12.4. The summed E-state index contributed by atoms with van der Waals surface area (Å²) in [6.45, 7) is 0. The van der Waals surface area contributed by atoms with Gasteiger partial charge in [0.05, 0.1) is 0 Å². The van der Waals surface area contributed by atoms with Crippen molar-refractivity contribution in [2.45, 2.75) is 0 Å². The topological polar surface area (TPSA) is 51.8 Å². The van der Waals surface area contributed by atoms with E-state index in [0.29, 0.717) is 17.5 Å². The Bertz CT molecular complexity index is 2800. The molecule has 0 spiro atoms. The third-order valence-corrected chi connectivity index (χ3v) is 10.4. The maximum Gasteiger partial charge on any atom is 0.164 e. The van der Waals surface area contributed by atoms with Crippen molar-refractivity contribution in [3.8, 4) is 56.4 Å². The smallest absolute Gasteiger partial charge is 0.164 e. The van der Waals surface area contributed by atoms with Crippen LogP contribution in [0.5, 0.6) is 0 Å². The molecule has 0 fully saturated rings. The third kappa shape index (κ3) is 4.79. The van der Waals surface area contributed by atoms with Crippen LogP contribution in [-0.2, 0) is 0 Å². The van der Waals surface area contributed by atoms with Crippen LogP contribution in [0, 0.1) is 0 Å². The maximum atomic E-state index is 6.49. The van der Waals surface area contributed by atoms with Crippen LogP contribution in [0.1, 0.15) is 0 Å². The number of thiophene rings is 1. The summed E-state index contributed by atoms with van der Waals surface area (Å²) in [4.78, 5) is 14.8. The zero-order chi connectivity index (χ0) is 33.0. The Hall–Kier alpha value is -6.43. The van der Waals surface area contributed by atoms with Crippen LogP contribution >= 0.6 is 11.3 Å². The summed E-state index contributed by atoms with van der Waals surface area (Å²) in [5.41, 5.74) is 9.29. The molecule has 0 aliphatic rings. The van der Waals surface area contributed by atoms with Crippen molar-refractivity contribution in [3.63, 3.8) is 0 Å². The van der Waals surface area contributed by atoms with Crippen molar-refractivity contribution >= 4 is 53.4 Å². The van der Waals surface area contributed by atoms with Crippen LogP contribution in [0.4, 0.5) is 0 Å². The standard InChI is InChI=1S/C45H27N3OS/c1-4-13-28(14-5-1)36-25-32(26-38-41(36)34-19-10-11-21-37(34)49-38)33-20-12-22-39-42(33)35-24-23-31(27-40(35)50-39)45-47-43(29-15-6-2-7-16-29)46-44(48-45)30-17-8-3-9-18-30/h1-27H. The first-order valence-corrected chi connectivity index (χ1v) is 17.4. The summed E-state index contributed by atoms with van der Waals surface area (Å²) in [6, 6.07) is 56.8. The van der Waals surface area contributed by atoms with Gasteiger partial charge in [-0.2, -0.15) is 0 Å². The van der Waals surface area contributed by atoms with Gasteiger partial charge in [-0.05, 0) is 52.6 Å². The van der Waals surface area contributed by atoms with Crippen molar-refractivity contribution in [1.29, 1.82) is 0 Å². The zero-order valence-corrected chi connectivity index (χ0v) is 27.6. The van der Waals surface area contributed by atoms with Gasteiger partial charge in [0.2, 0.25) is 0 Å². The molecule has 0 saturated carbocycles. The SMILES string of the molecule is c1ccc(-c2nc(-c3ccccc3)nc(-c3ccc4c(c3)sc3cccc(-c5cc(-c6ccccc6)c6c(c5)oc5ccccc56)c34)n2)cc1. The molecule has 5 heteroatoms. The van der Waals surface area contributed by atoms with Crippen molar-refractivity contribution in [2.75, 3.05) is 0 Å². The Kier molecular flexibility index (Phi) is 6.64. The molecule has 0 unspecified atom stereocenters. The molecule has 10 aromatic rings. The summed E-state index contributed by atoms with van der Waals surface area (Å²) in [7, 11) is 0. The van der Waals surface area contributed by atoms with Crippen molar-refractivity contribution in [1.82, 2.24) is 15.0 Å². The molecule has 50 heavy (non-hydrogen) atoms. The van der Waals surface area contributed by atoms with Crippen molar-refractivity contribution in [3.05, 3.63) is 164 Å². The van der Waals surface area contributed by atoms with E-state index in [1.165, 1.54) is 36.9 Å². The molecule has 7 aromatic carbocycles. The van der Waals surface area contributed by atoms with Gasteiger partial charge in [0.15, 0.2) is 17.5 Å². The van der Waals surface area contributed by atoms with Gasteiger partial charge in [-0.1, -0.05) is 133 Å². The van der Waals surface area contributed by atoms with Crippen LogP contribution < -0.4 is 0 Å². The molecule has 0 aliphatic heterocycles. The number of hydrogen-bond acceptors (Lipinski definition) is 5. The zero-order valence-electron chi connectivity index (χ0n) is 26.7. The molecule has 0 bridgehead atoms. The van der Waals surface area contributed by atoms with E-state index in [2.05, 4.69) is 91.0 Å². The lowest BCUT2D eigenvalue weighted by Gasteiger charge is -2.10. The normalized spacial score (nSPS) is 11.6. The fourth-order valence-corrected chi connectivity index (χ4v) is 8.17. The van der Waals surface area contributed by atoms with Gasteiger partial charge in [-0.3, -0.25) is 0 Å². The van der Waals surface area contributed by atoms with Gasteiger partial charge < -0.3 is 4.42 Å². The lowest BCUT2D eigenvalue weighted by Crippen LogP contribution is -1.99. The number of furan rings is 1. The molecule has 4 nitrogen and oxygen atoms in total. The second kappa shape index (κ2) is 11.6. The van der Waals surface area contributed by atoms with E-state index in [4.69, 9.17) is 19.4 Å². The summed E-state index contributed by atoms with van der Waals surface area (Å²) < 4.78 is 8.90. The van der Waals surface area contributed by atoms with Gasteiger partial charge in [0, 0.05) is 47.6 Å². The molecule has 10 rings (SSSR count). The van der Waals surface area contributed by atoms with Gasteiger partial charge in [0.25, 0.3) is 0 Å². The van der Waals surface area contributed by atoms with E-state index in [1.54, 1.807) is 11.3 Å². The number of nitrogens with zero attached hydrogens (tertiary/aromatic N) is 3. The molecular weight excluding hydrogens is 631 g/mol. The summed E-state index contributed by atoms with van der Waals surface area (Å²) in [5, 5.41) is 4.71. The highest BCUT2D eigenvalue weighted by Crippen LogP contribution is 2.45. The Morgan fingerprint density at radius 1 is 0.360 bits per heavy atom. The third-order valence-electron chi connectivity index (χ3n) is 9.33. The molecule has 3 heterocycles. The van der Waals surface area contributed by atoms with Crippen molar-refractivity contribution < 1.29 is 4.42 Å². The Balaban J connectivity index is 1.15. The van der Waals surface area contributed by atoms with E-state index < -0.39 is 0 Å². The molecule has 0 atom stereocenters. The number of benzene rings is 7. The van der Waals surface area contributed by atoms with E-state index in [9.17, 15) is 0 Å². The van der Waals surface area contributed by atoms with E-state index >= 15 is 0 Å². The minimum Gasteiger partial charge on any atom is -0.456 e. The number of hydrogen-bond donors (Lipinski definition) is 0. The lowest BCUT2D eigenvalue weighted by molar-refractivity contribution is 0.669. The Morgan fingerprint density at radius 3 is 1.68 bits per heavy atom. The first-order chi connectivity index (χ1) is 24.8. The molecule has 3 aromatic heterocycles. The minimum absolute atomic E-state index is 0.653. The predicted molar refractivity (Wildman–Crippen MR) is 207 cm³/mol. The summed E-state index contributed by atoms with van der Waals surface area (Å²) >= 11 is 1.79. The molecule has 0 amide bonds. The van der Waals surface area contributed by atoms with Crippen molar-refractivity contribution in [2.24, 2.45) is 0 Å². The highest BCUT2D eigenvalue weighted by molar-refractivity contribution is 7.26. The Labute approximate surface area is 292 Å². The Morgan fingerprint density at radius 2 is 0.980 bits per heavy atom. The average molecular weight is 658 g/mol. The number of para-hydroxylation sites is 1. The lowest BCUT2D eigenvalue weighted by atomic mass is 9.92. The fraction of sp³-hybridized carbons (Fsp3) is 0. The highest BCUT2D eigenvalue weighted by atomic mass is 32.1. The molecule has 0 aliphatic carbocycles. The van der Waals surface area contributed by atoms with Crippen LogP contribution in [0.3, 0.4) is 0 Å². The quantitative estimate of drug-likeness (QED) is 0.185. The second-order valence-corrected chi connectivity index (χ2v) is 13.5. The van der Waals surface area contributed by atoms with Crippen LogP contribution in [0.15, 0.2) is 168 Å². The maximum absolute atomic E-state index is 6.49. The fourth-order valence-electron chi connectivity index (χ4n) is 7.00. The highest BCUT2D eigenvalue weighted by Gasteiger charge is 2.19. The first kappa shape index (κ1) is 28.6. The molecule has 0 radical (unpaired) electrons. The summed E-state index contributed by atoms with van der Waals surface area (Å²) in [5.74, 6) is 1.96. The monoisotopic (exact) mass is 657 g/mol. The number of fused-ring (bicyclic) bond motifs is 6.